The monoisotopic (exact) mass is 246 g/mol. The van der Waals surface area contributed by atoms with Crippen LogP contribution in [0.1, 0.15) is 20.3 Å². The van der Waals surface area contributed by atoms with E-state index in [0.29, 0.717) is 11.6 Å². The Kier molecular flexibility index (Phi) is 3.77. The molecule has 0 aliphatic carbocycles. The van der Waals surface area contributed by atoms with Crippen molar-refractivity contribution in [2.75, 3.05) is 11.4 Å². The van der Waals surface area contributed by atoms with Gasteiger partial charge in [0.05, 0.1) is 18.2 Å². The summed E-state index contributed by atoms with van der Waals surface area (Å²) in [5.74, 6) is 0.179. The fraction of sp³-hybridized carbons (Fsp3) is 0.429. The highest BCUT2D eigenvalue weighted by atomic mass is 16.2. The highest BCUT2D eigenvalue weighted by Gasteiger charge is 2.39. The Bertz CT molecular complexity index is 442. The summed E-state index contributed by atoms with van der Waals surface area (Å²) in [6.45, 7) is 4.89. The predicted octanol–water partition coefficient (Wildman–Crippen LogP) is 1.56. The SMILES string of the molecule is CC(C)CN[C@@H]1CC(=O)N(c2ccccc2)C1=O. The van der Waals surface area contributed by atoms with Crippen molar-refractivity contribution in [1.29, 1.82) is 0 Å². The van der Waals surface area contributed by atoms with Crippen molar-refractivity contribution in [3.8, 4) is 0 Å². The number of rotatable bonds is 4. The van der Waals surface area contributed by atoms with Gasteiger partial charge in [-0.25, -0.2) is 4.90 Å². The fourth-order valence-corrected chi connectivity index (χ4v) is 2.02. The number of nitrogens with one attached hydrogen (secondary N) is 1. The van der Waals surface area contributed by atoms with Crippen LogP contribution in [-0.4, -0.2) is 24.4 Å². The first-order chi connectivity index (χ1) is 8.59. The van der Waals surface area contributed by atoms with Crippen molar-refractivity contribution in [1.82, 2.24) is 5.32 Å². The molecule has 0 radical (unpaired) electrons. The molecule has 18 heavy (non-hydrogen) atoms. The molecule has 96 valence electrons. The Morgan fingerprint density at radius 1 is 1.28 bits per heavy atom. The number of para-hydroxylation sites is 1. The zero-order valence-corrected chi connectivity index (χ0v) is 10.7. The Labute approximate surface area is 107 Å². The maximum atomic E-state index is 12.2. The molecule has 0 aromatic heterocycles. The predicted molar refractivity (Wildman–Crippen MR) is 70.2 cm³/mol. The van der Waals surface area contributed by atoms with Crippen LogP contribution in [0.25, 0.3) is 0 Å². The summed E-state index contributed by atoms with van der Waals surface area (Å²) in [5, 5.41) is 3.15. The summed E-state index contributed by atoms with van der Waals surface area (Å²) >= 11 is 0. The van der Waals surface area contributed by atoms with Crippen molar-refractivity contribution in [3.63, 3.8) is 0 Å². The van der Waals surface area contributed by atoms with Crippen LogP contribution in [0.4, 0.5) is 5.69 Å². The van der Waals surface area contributed by atoms with Gasteiger partial charge in [-0.2, -0.15) is 0 Å². The molecule has 2 amide bonds. The van der Waals surface area contributed by atoms with Gasteiger partial charge in [0, 0.05) is 0 Å². The molecule has 1 aliphatic rings. The molecule has 0 saturated carbocycles. The standard InChI is InChI=1S/C14H18N2O2/c1-10(2)9-15-12-8-13(17)16(14(12)18)11-6-4-3-5-7-11/h3-7,10,12,15H,8-9H2,1-2H3/t12-/m1/s1. The molecule has 0 unspecified atom stereocenters. The van der Waals surface area contributed by atoms with E-state index in [9.17, 15) is 9.59 Å². The van der Waals surface area contributed by atoms with Gasteiger partial charge in [-0.3, -0.25) is 9.59 Å². The zero-order chi connectivity index (χ0) is 13.1. The molecule has 1 aromatic rings. The minimum absolute atomic E-state index is 0.132. The van der Waals surface area contributed by atoms with Gasteiger partial charge < -0.3 is 5.32 Å². The third kappa shape index (κ3) is 2.59. The molecule has 1 aliphatic heterocycles. The highest BCUT2D eigenvalue weighted by Crippen LogP contribution is 2.22. The Hall–Kier alpha value is -1.68. The van der Waals surface area contributed by atoms with Gasteiger partial charge in [0.15, 0.2) is 0 Å². The molecule has 1 fully saturated rings. The smallest absolute Gasteiger partial charge is 0.251 e. The lowest BCUT2D eigenvalue weighted by Gasteiger charge is -2.16. The van der Waals surface area contributed by atoms with Crippen LogP contribution >= 0.6 is 0 Å². The van der Waals surface area contributed by atoms with Crippen LogP contribution in [-0.2, 0) is 9.59 Å². The number of carbonyl (C=O) groups excluding carboxylic acids is 2. The molecule has 1 saturated heterocycles. The van der Waals surface area contributed by atoms with E-state index >= 15 is 0 Å². The molecule has 1 aromatic carbocycles. The molecule has 1 atom stereocenters. The molecular weight excluding hydrogens is 228 g/mol. The number of anilines is 1. The summed E-state index contributed by atoms with van der Waals surface area (Å²) in [7, 11) is 0. The second-order valence-electron chi connectivity index (χ2n) is 4.96. The van der Waals surface area contributed by atoms with Gasteiger partial charge in [0.25, 0.3) is 5.91 Å². The van der Waals surface area contributed by atoms with Gasteiger partial charge >= 0.3 is 0 Å². The average Bonchev–Trinajstić information content (AvgIpc) is 2.63. The number of hydrogen-bond acceptors (Lipinski definition) is 3. The van der Waals surface area contributed by atoms with E-state index in [0.717, 1.165) is 6.54 Å². The second-order valence-corrected chi connectivity index (χ2v) is 4.96. The van der Waals surface area contributed by atoms with Gasteiger partial charge in [0.2, 0.25) is 5.91 Å². The third-order valence-electron chi connectivity index (χ3n) is 2.93. The minimum Gasteiger partial charge on any atom is -0.305 e. The number of nitrogens with zero attached hydrogens (tertiary/aromatic N) is 1. The minimum atomic E-state index is -0.375. The van der Waals surface area contributed by atoms with E-state index in [4.69, 9.17) is 0 Å². The molecule has 4 heteroatoms. The average molecular weight is 246 g/mol. The lowest BCUT2D eigenvalue weighted by atomic mass is 10.2. The number of benzene rings is 1. The maximum absolute atomic E-state index is 12.2. The quantitative estimate of drug-likeness (QED) is 0.820. The highest BCUT2D eigenvalue weighted by molar-refractivity contribution is 6.22. The second kappa shape index (κ2) is 5.31. The van der Waals surface area contributed by atoms with Crippen molar-refractivity contribution < 1.29 is 9.59 Å². The van der Waals surface area contributed by atoms with E-state index in [2.05, 4.69) is 19.2 Å². The molecule has 2 rings (SSSR count). The van der Waals surface area contributed by atoms with E-state index in [1.54, 1.807) is 12.1 Å². The lowest BCUT2D eigenvalue weighted by Crippen LogP contribution is -2.40. The Balaban J connectivity index is 2.10. The van der Waals surface area contributed by atoms with Crippen molar-refractivity contribution in [3.05, 3.63) is 30.3 Å². The van der Waals surface area contributed by atoms with Crippen LogP contribution in [0, 0.1) is 5.92 Å². The number of hydrogen-bond donors (Lipinski definition) is 1. The number of amides is 2. The first kappa shape index (κ1) is 12.8. The Morgan fingerprint density at radius 2 is 1.94 bits per heavy atom. The summed E-state index contributed by atoms with van der Waals surface area (Å²) in [5.41, 5.74) is 0.654. The van der Waals surface area contributed by atoms with Gasteiger partial charge in [-0.05, 0) is 24.6 Å². The zero-order valence-electron chi connectivity index (χ0n) is 10.7. The van der Waals surface area contributed by atoms with Crippen LogP contribution < -0.4 is 10.2 Å². The van der Waals surface area contributed by atoms with Crippen LogP contribution in [0.3, 0.4) is 0 Å². The molecular formula is C14H18N2O2. The molecule has 4 nitrogen and oxygen atoms in total. The van der Waals surface area contributed by atoms with Gasteiger partial charge in [-0.15, -0.1) is 0 Å². The maximum Gasteiger partial charge on any atom is 0.251 e. The molecule has 0 spiro atoms. The van der Waals surface area contributed by atoms with E-state index in [1.165, 1.54) is 4.90 Å². The van der Waals surface area contributed by atoms with Crippen molar-refractivity contribution >= 4 is 17.5 Å². The summed E-state index contributed by atoms with van der Waals surface area (Å²) in [4.78, 5) is 25.4. The van der Waals surface area contributed by atoms with Gasteiger partial charge in [-0.1, -0.05) is 32.0 Å². The first-order valence-electron chi connectivity index (χ1n) is 6.25. The van der Waals surface area contributed by atoms with Crippen molar-refractivity contribution in [2.24, 2.45) is 5.92 Å². The molecule has 1 N–H and O–H groups in total. The fourth-order valence-electron chi connectivity index (χ4n) is 2.02. The van der Waals surface area contributed by atoms with E-state index in [-0.39, 0.29) is 24.3 Å². The number of carbonyl (C=O) groups is 2. The lowest BCUT2D eigenvalue weighted by molar-refractivity contribution is -0.121. The van der Waals surface area contributed by atoms with E-state index in [1.807, 2.05) is 18.2 Å². The molecule has 1 heterocycles. The first-order valence-corrected chi connectivity index (χ1v) is 6.25. The molecule has 0 bridgehead atoms. The topological polar surface area (TPSA) is 49.4 Å². The van der Waals surface area contributed by atoms with E-state index < -0.39 is 0 Å². The van der Waals surface area contributed by atoms with Crippen LogP contribution in [0.15, 0.2) is 30.3 Å². The van der Waals surface area contributed by atoms with Crippen LogP contribution in [0.5, 0.6) is 0 Å². The summed E-state index contributed by atoms with van der Waals surface area (Å²) in [6.07, 6.45) is 0.250. The Morgan fingerprint density at radius 3 is 2.56 bits per heavy atom. The summed E-state index contributed by atoms with van der Waals surface area (Å²) in [6, 6.07) is 8.69. The van der Waals surface area contributed by atoms with Gasteiger partial charge in [0.1, 0.15) is 0 Å². The normalized spacial score (nSPS) is 19.9. The number of imide groups is 1. The summed E-state index contributed by atoms with van der Waals surface area (Å²) < 4.78 is 0. The largest absolute Gasteiger partial charge is 0.305 e. The van der Waals surface area contributed by atoms with Crippen LogP contribution in [0.2, 0.25) is 0 Å². The third-order valence-corrected chi connectivity index (χ3v) is 2.93. The van der Waals surface area contributed by atoms with Crippen molar-refractivity contribution in [2.45, 2.75) is 26.3 Å².